The second kappa shape index (κ2) is 5.27. The Morgan fingerprint density at radius 3 is 2.12 bits per heavy atom. The third-order valence-corrected chi connectivity index (χ3v) is 2.23. The number of hydrogen-bond acceptors (Lipinski definition) is 3. The van der Waals surface area contributed by atoms with Crippen LogP contribution in [0.1, 0.15) is 18.1 Å². The minimum atomic E-state index is -1.33. The molecule has 0 saturated carbocycles. The molecule has 0 aliphatic carbocycles. The van der Waals surface area contributed by atoms with Crippen LogP contribution in [0.4, 0.5) is 0 Å². The molecule has 0 radical (unpaired) electrons. The van der Waals surface area contributed by atoms with Gasteiger partial charge in [-0.3, -0.25) is 9.59 Å². The molecule has 1 rings (SSSR count). The second-order valence-corrected chi connectivity index (χ2v) is 3.40. The average molecular weight is 224 g/mol. The lowest BCUT2D eigenvalue weighted by atomic mass is 9.93. The summed E-state index contributed by atoms with van der Waals surface area (Å²) in [5, 5.41) is 27.1. The Bertz CT molecular complexity index is 373. The normalized spacial score (nSPS) is 14.1. The van der Waals surface area contributed by atoms with Crippen LogP contribution in [0.5, 0.6) is 0 Å². The van der Waals surface area contributed by atoms with Crippen LogP contribution in [0.2, 0.25) is 0 Å². The Hall–Kier alpha value is -1.88. The zero-order valence-electron chi connectivity index (χ0n) is 8.41. The number of hydrogen-bond donors (Lipinski definition) is 3. The third-order valence-electron chi connectivity index (χ3n) is 2.23. The van der Waals surface area contributed by atoms with E-state index >= 15 is 0 Å². The fraction of sp³-hybridized carbons (Fsp3) is 0.273. The molecule has 0 aromatic heterocycles. The van der Waals surface area contributed by atoms with Crippen LogP contribution in [0, 0.1) is 5.92 Å². The Balaban J connectivity index is 2.87. The Labute approximate surface area is 92.0 Å². The standard InChI is InChI=1S/C11H12O5/c12-9(13)6-8(11(15)16)10(14)7-4-2-1-3-5-7/h1-5,8,10,14H,6H2,(H,12,13)(H,15,16). The molecule has 2 atom stereocenters. The van der Waals surface area contributed by atoms with Gasteiger partial charge in [-0.15, -0.1) is 0 Å². The summed E-state index contributed by atoms with van der Waals surface area (Å²) in [6.07, 6.45) is -1.92. The van der Waals surface area contributed by atoms with Crippen molar-refractivity contribution < 1.29 is 24.9 Å². The average Bonchev–Trinajstić information content (AvgIpc) is 2.25. The van der Waals surface area contributed by atoms with Gasteiger partial charge in [-0.05, 0) is 5.56 Å². The van der Waals surface area contributed by atoms with Crippen molar-refractivity contribution >= 4 is 11.9 Å². The van der Waals surface area contributed by atoms with Gasteiger partial charge in [0, 0.05) is 0 Å². The second-order valence-electron chi connectivity index (χ2n) is 3.40. The first-order chi connectivity index (χ1) is 7.52. The number of carbonyl (C=O) groups is 2. The number of carboxylic acid groups (broad SMARTS) is 2. The maximum Gasteiger partial charge on any atom is 0.310 e. The molecule has 86 valence electrons. The van der Waals surface area contributed by atoms with E-state index in [2.05, 4.69) is 0 Å². The lowest BCUT2D eigenvalue weighted by Gasteiger charge is -2.17. The van der Waals surface area contributed by atoms with Crippen molar-refractivity contribution in [3.8, 4) is 0 Å². The van der Waals surface area contributed by atoms with Gasteiger partial charge in [-0.1, -0.05) is 30.3 Å². The molecule has 0 spiro atoms. The molecule has 1 aromatic carbocycles. The fourth-order valence-corrected chi connectivity index (χ4v) is 1.40. The van der Waals surface area contributed by atoms with Gasteiger partial charge in [-0.2, -0.15) is 0 Å². The van der Waals surface area contributed by atoms with Crippen molar-refractivity contribution in [2.24, 2.45) is 5.92 Å². The SMILES string of the molecule is O=C(O)CC(C(=O)O)C(O)c1ccccc1. The molecule has 0 heterocycles. The van der Waals surface area contributed by atoms with Gasteiger partial charge >= 0.3 is 11.9 Å². The highest BCUT2D eigenvalue weighted by molar-refractivity contribution is 5.78. The molecule has 16 heavy (non-hydrogen) atoms. The summed E-state index contributed by atoms with van der Waals surface area (Å²) in [5.41, 5.74) is 0.399. The molecular formula is C11H12O5. The van der Waals surface area contributed by atoms with Crippen LogP contribution >= 0.6 is 0 Å². The predicted octanol–water partition coefficient (Wildman–Crippen LogP) is 0.895. The maximum absolute atomic E-state index is 10.8. The van der Waals surface area contributed by atoms with Gasteiger partial charge < -0.3 is 15.3 Å². The van der Waals surface area contributed by atoms with Gasteiger partial charge in [0.05, 0.1) is 18.4 Å². The van der Waals surface area contributed by atoms with Crippen LogP contribution in [-0.4, -0.2) is 27.3 Å². The first-order valence-corrected chi connectivity index (χ1v) is 4.70. The van der Waals surface area contributed by atoms with Crippen LogP contribution in [-0.2, 0) is 9.59 Å². The van der Waals surface area contributed by atoms with Crippen molar-refractivity contribution in [2.75, 3.05) is 0 Å². The third kappa shape index (κ3) is 3.06. The summed E-state index contributed by atoms with van der Waals surface area (Å²) in [7, 11) is 0. The number of carboxylic acids is 2. The van der Waals surface area contributed by atoms with Crippen molar-refractivity contribution in [2.45, 2.75) is 12.5 Å². The highest BCUT2D eigenvalue weighted by Gasteiger charge is 2.29. The smallest absolute Gasteiger partial charge is 0.310 e. The first-order valence-electron chi connectivity index (χ1n) is 4.70. The van der Waals surface area contributed by atoms with Crippen molar-refractivity contribution in [3.63, 3.8) is 0 Å². The van der Waals surface area contributed by atoms with Crippen molar-refractivity contribution in [1.29, 1.82) is 0 Å². The van der Waals surface area contributed by atoms with E-state index in [0.717, 1.165) is 0 Å². The highest BCUT2D eigenvalue weighted by atomic mass is 16.4. The van der Waals surface area contributed by atoms with Gasteiger partial charge in [0.2, 0.25) is 0 Å². The number of rotatable bonds is 5. The molecule has 2 unspecified atom stereocenters. The Morgan fingerprint density at radius 1 is 1.12 bits per heavy atom. The van der Waals surface area contributed by atoms with Gasteiger partial charge in [-0.25, -0.2) is 0 Å². The van der Waals surface area contributed by atoms with Crippen LogP contribution in [0.25, 0.3) is 0 Å². The molecule has 0 fully saturated rings. The van der Waals surface area contributed by atoms with Crippen LogP contribution in [0.3, 0.4) is 0 Å². The van der Waals surface area contributed by atoms with Gasteiger partial charge in [0.25, 0.3) is 0 Å². The number of aliphatic carboxylic acids is 2. The molecule has 3 N–H and O–H groups in total. The van der Waals surface area contributed by atoms with Gasteiger partial charge in [0.15, 0.2) is 0 Å². The van der Waals surface area contributed by atoms with E-state index in [0.29, 0.717) is 5.56 Å². The monoisotopic (exact) mass is 224 g/mol. The minimum absolute atomic E-state index is 0.399. The highest BCUT2D eigenvalue weighted by Crippen LogP contribution is 2.24. The quantitative estimate of drug-likeness (QED) is 0.690. The topological polar surface area (TPSA) is 94.8 Å². The van der Waals surface area contributed by atoms with E-state index in [1.54, 1.807) is 30.3 Å². The summed E-state index contributed by atoms with van der Waals surface area (Å²) in [6.45, 7) is 0. The summed E-state index contributed by atoms with van der Waals surface area (Å²) in [5.74, 6) is -3.90. The minimum Gasteiger partial charge on any atom is -0.481 e. The fourth-order valence-electron chi connectivity index (χ4n) is 1.40. The zero-order valence-corrected chi connectivity index (χ0v) is 8.41. The molecule has 0 saturated heterocycles. The summed E-state index contributed by atoms with van der Waals surface area (Å²) >= 11 is 0. The molecule has 0 aliphatic rings. The lowest BCUT2D eigenvalue weighted by molar-refractivity contribution is -0.152. The van der Waals surface area contributed by atoms with E-state index in [1.807, 2.05) is 0 Å². The predicted molar refractivity (Wildman–Crippen MR) is 54.8 cm³/mol. The number of benzene rings is 1. The molecule has 5 nitrogen and oxygen atoms in total. The summed E-state index contributed by atoms with van der Waals surface area (Å²) < 4.78 is 0. The van der Waals surface area contributed by atoms with Crippen molar-refractivity contribution in [1.82, 2.24) is 0 Å². The summed E-state index contributed by atoms with van der Waals surface area (Å²) in [4.78, 5) is 21.3. The van der Waals surface area contributed by atoms with Crippen LogP contribution in [0.15, 0.2) is 30.3 Å². The maximum atomic E-state index is 10.8. The molecule has 0 amide bonds. The Kier molecular flexibility index (Phi) is 4.02. The number of aliphatic hydroxyl groups is 1. The Morgan fingerprint density at radius 2 is 1.69 bits per heavy atom. The molecule has 0 bridgehead atoms. The molecule has 0 aliphatic heterocycles. The van der Waals surface area contributed by atoms with E-state index in [9.17, 15) is 14.7 Å². The summed E-state index contributed by atoms with van der Waals surface area (Å²) in [6, 6.07) is 8.14. The van der Waals surface area contributed by atoms with Crippen molar-refractivity contribution in [3.05, 3.63) is 35.9 Å². The molecule has 1 aromatic rings. The van der Waals surface area contributed by atoms with Gasteiger partial charge in [0.1, 0.15) is 0 Å². The molecular weight excluding hydrogens is 212 g/mol. The largest absolute Gasteiger partial charge is 0.481 e. The zero-order chi connectivity index (χ0) is 12.1. The molecule has 5 heteroatoms. The first kappa shape index (κ1) is 12.2. The lowest BCUT2D eigenvalue weighted by Crippen LogP contribution is -2.24. The van der Waals surface area contributed by atoms with E-state index in [1.165, 1.54) is 0 Å². The van der Waals surface area contributed by atoms with E-state index in [4.69, 9.17) is 10.2 Å². The van der Waals surface area contributed by atoms with E-state index in [-0.39, 0.29) is 0 Å². The number of aliphatic hydroxyl groups excluding tert-OH is 1. The van der Waals surface area contributed by atoms with Crippen LogP contribution < -0.4 is 0 Å². The van der Waals surface area contributed by atoms with E-state index < -0.39 is 30.4 Å².